The van der Waals surface area contributed by atoms with Gasteiger partial charge < -0.3 is 19.9 Å². The Morgan fingerprint density at radius 3 is 2.60 bits per heavy atom. The van der Waals surface area contributed by atoms with Gasteiger partial charge in [0.05, 0.1) is 18.4 Å². The highest BCUT2D eigenvalue weighted by atomic mass is 79.9. The van der Waals surface area contributed by atoms with Crippen LogP contribution in [0.5, 0.6) is 5.75 Å². The van der Waals surface area contributed by atoms with Gasteiger partial charge in [-0.1, -0.05) is 12.1 Å². The van der Waals surface area contributed by atoms with Gasteiger partial charge in [0.15, 0.2) is 5.82 Å². The monoisotopic (exact) mass is 467 g/mol. The lowest BCUT2D eigenvalue weighted by atomic mass is 10.2. The Morgan fingerprint density at radius 1 is 1.13 bits per heavy atom. The number of benzene rings is 1. The highest BCUT2D eigenvalue weighted by Gasteiger charge is 2.30. The number of methoxy groups -OCH3 is 1. The van der Waals surface area contributed by atoms with E-state index in [4.69, 9.17) is 9.72 Å². The molecule has 8 heteroatoms. The van der Waals surface area contributed by atoms with Gasteiger partial charge in [-0.2, -0.15) is 0 Å². The van der Waals surface area contributed by atoms with Gasteiger partial charge in [0, 0.05) is 30.8 Å². The summed E-state index contributed by atoms with van der Waals surface area (Å²) in [6.45, 7) is 3.27. The first-order chi connectivity index (χ1) is 14.5. The first-order valence-corrected chi connectivity index (χ1v) is 10.4. The fourth-order valence-corrected chi connectivity index (χ4v) is 3.76. The van der Waals surface area contributed by atoms with Gasteiger partial charge in [0.1, 0.15) is 17.4 Å². The predicted molar refractivity (Wildman–Crippen MR) is 122 cm³/mol. The van der Waals surface area contributed by atoms with E-state index >= 15 is 0 Å². The van der Waals surface area contributed by atoms with Gasteiger partial charge >= 0.3 is 0 Å². The summed E-state index contributed by atoms with van der Waals surface area (Å²) in [5.41, 5.74) is 2.40. The van der Waals surface area contributed by atoms with Crippen LogP contribution >= 0.6 is 15.9 Å². The molecule has 1 amide bonds. The number of halogens is 1. The molecule has 30 heavy (non-hydrogen) atoms. The van der Waals surface area contributed by atoms with Crippen molar-refractivity contribution >= 4 is 45.0 Å². The zero-order chi connectivity index (χ0) is 21.3. The van der Waals surface area contributed by atoms with E-state index in [-0.39, 0.29) is 5.91 Å². The first kappa shape index (κ1) is 20.2. The molecule has 0 atom stereocenters. The molecule has 1 N–H and O–H groups in total. The second-order valence-corrected chi connectivity index (χ2v) is 7.79. The lowest BCUT2D eigenvalue weighted by molar-refractivity contribution is 0.0994. The van der Waals surface area contributed by atoms with Crippen LogP contribution in [-0.4, -0.2) is 36.6 Å². The maximum absolute atomic E-state index is 13.0. The van der Waals surface area contributed by atoms with Gasteiger partial charge in [-0.3, -0.25) is 4.79 Å². The summed E-state index contributed by atoms with van der Waals surface area (Å²) in [5.74, 6) is 2.74. The molecular weight excluding hydrogens is 446 g/mol. The van der Waals surface area contributed by atoms with E-state index in [9.17, 15) is 4.79 Å². The minimum absolute atomic E-state index is 0.114. The number of carbonyl (C=O) groups is 1. The van der Waals surface area contributed by atoms with Crippen LogP contribution in [0, 0.1) is 0 Å². The summed E-state index contributed by atoms with van der Waals surface area (Å²) in [4.78, 5) is 26.0. The van der Waals surface area contributed by atoms with E-state index in [0.29, 0.717) is 30.3 Å². The van der Waals surface area contributed by atoms with E-state index < -0.39 is 0 Å². The van der Waals surface area contributed by atoms with Crippen molar-refractivity contribution in [1.29, 1.82) is 0 Å². The van der Waals surface area contributed by atoms with Crippen molar-refractivity contribution in [2.75, 3.05) is 35.8 Å². The summed E-state index contributed by atoms with van der Waals surface area (Å²) < 4.78 is 5.97. The number of carbonyl (C=O) groups excluding carboxylic acids is 1. The van der Waals surface area contributed by atoms with Gasteiger partial charge in [-0.25, -0.2) is 9.97 Å². The van der Waals surface area contributed by atoms with Crippen LogP contribution < -0.4 is 19.9 Å². The smallest absolute Gasteiger partial charge is 0.261 e. The standard InChI is InChI=1S/C22H22BrN5O2/c1-4-28-20-17(11-15(23)13-25-20)22(29)27(2)18-9-10-19(26-21(18)28)24-12-14-5-7-16(30-3)8-6-14/h5-11,13H,4,12H2,1-3H3,(H,24,26). The molecule has 3 heterocycles. The molecule has 1 aliphatic heterocycles. The average molecular weight is 468 g/mol. The number of hydrogen-bond acceptors (Lipinski definition) is 6. The average Bonchev–Trinajstić information content (AvgIpc) is 2.86. The van der Waals surface area contributed by atoms with Crippen LogP contribution in [0.4, 0.5) is 23.1 Å². The van der Waals surface area contributed by atoms with Gasteiger partial charge in [0.25, 0.3) is 5.91 Å². The van der Waals surface area contributed by atoms with Crippen molar-refractivity contribution in [3.63, 3.8) is 0 Å². The van der Waals surface area contributed by atoms with Crippen LogP contribution in [-0.2, 0) is 6.54 Å². The Hall–Kier alpha value is -3.13. The zero-order valence-corrected chi connectivity index (χ0v) is 18.6. The number of ether oxygens (including phenoxy) is 1. The number of nitrogens with one attached hydrogen (secondary N) is 1. The van der Waals surface area contributed by atoms with Crippen molar-refractivity contribution in [2.24, 2.45) is 0 Å². The highest BCUT2D eigenvalue weighted by molar-refractivity contribution is 9.10. The van der Waals surface area contributed by atoms with Gasteiger partial charge in [-0.15, -0.1) is 0 Å². The number of aromatic nitrogens is 2. The van der Waals surface area contributed by atoms with Crippen molar-refractivity contribution in [3.8, 4) is 5.75 Å². The third kappa shape index (κ3) is 3.70. The molecule has 0 saturated carbocycles. The van der Waals surface area contributed by atoms with Gasteiger partial charge in [0.2, 0.25) is 0 Å². The largest absolute Gasteiger partial charge is 0.497 e. The Morgan fingerprint density at radius 2 is 1.90 bits per heavy atom. The van der Waals surface area contributed by atoms with Crippen molar-refractivity contribution in [3.05, 3.63) is 64.3 Å². The number of anilines is 4. The quantitative estimate of drug-likeness (QED) is 0.590. The molecule has 0 spiro atoms. The molecule has 4 rings (SSSR count). The van der Waals surface area contributed by atoms with E-state index in [1.807, 2.05) is 48.2 Å². The van der Waals surface area contributed by atoms with Crippen molar-refractivity contribution in [1.82, 2.24) is 9.97 Å². The predicted octanol–water partition coefficient (Wildman–Crippen LogP) is 4.61. The Labute approximate surface area is 183 Å². The molecule has 0 radical (unpaired) electrons. The maximum Gasteiger partial charge on any atom is 0.261 e. The van der Waals surface area contributed by atoms with E-state index in [1.54, 1.807) is 31.3 Å². The second-order valence-electron chi connectivity index (χ2n) is 6.87. The van der Waals surface area contributed by atoms with Crippen LogP contribution in [0.1, 0.15) is 22.8 Å². The van der Waals surface area contributed by atoms with E-state index in [2.05, 4.69) is 26.2 Å². The van der Waals surface area contributed by atoms with Crippen molar-refractivity contribution in [2.45, 2.75) is 13.5 Å². The molecule has 1 aromatic carbocycles. The fraction of sp³-hybridized carbons (Fsp3) is 0.227. The molecule has 0 fully saturated rings. The number of fused-ring (bicyclic) bond motifs is 2. The Balaban J connectivity index is 1.68. The van der Waals surface area contributed by atoms with Crippen LogP contribution in [0.2, 0.25) is 0 Å². The molecule has 154 valence electrons. The van der Waals surface area contributed by atoms with Crippen LogP contribution in [0.25, 0.3) is 0 Å². The summed E-state index contributed by atoms with van der Waals surface area (Å²) in [7, 11) is 3.41. The third-order valence-electron chi connectivity index (χ3n) is 5.04. The number of rotatable bonds is 5. The summed E-state index contributed by atoms with van der Waals surface area (Å²) in [6.07, 6.45) is 1.70. The maximum atomic E-state index is 13.0. The molecule has 3 aromatic rings. The minimum atomic E-state index is -0.114. The van der Waals surface area contributed by atoms with E-state index in [0.717, 1.165) is 27.3 Å². The molecule has 7 nitrogen and oxygen atoms in total. The number of hydrogen-bond donors (Lipinski definition) is 1. The zero-order valence-electron chi connectivity index (χ0n) is 17.0. The number of amides is 1. The third-order valence-corrected chi connectivity index (χ3v) is 5.48. The summed E-state index contributed by atoms with van der Waals surface area (Å²) >= 11 is 3.42. The highest BCUT2D eigenvalue weighted by Crippen LogP contribution is 2.39. The first-order valence-electron chi connectivity index (χ1n) is 9.60. The molecule has 2 aromatic heterocycles. The summed E-state index contributed by atoms with van der Waals surface area (Å²) in [6, 6.07) is 13.5. The Kier molecular flexibility index (Phi) is 5.59. The molecule has 0 aliphatic carbocycles. The van der Waals surface area contributed by atoms with Crippen LogP contribution in [0.3, 0.4) is 0 Å². The SMILES string of the molecule is CCN1c2ncc(Br)cc2C(=O)N(C)c2ccc(NCc3ccc(OC)cc3)nc21. The normalized spacial score (nSPS) is 12.9. The second kappa shape index (κ2) is 8.31. The lowest BCUT2D eigenvalue weighted by Crippen LogP contribution is -2.25. The minimum Gasteiger partial charge on any atom is -0.497 e. The van der Waals surface area contributed by atoms with Crippen LogP contribution in [0.15, 0.2) is 53.1 Å². The lowest BCUT2D eigenvalue weighted by Gasteiger charge is -2.23. The molecular formula is C22H22BrN5O2. The number of nitrogens with zero attached hydrogens (tertiary/aromatic N) is 4. The molecule has 0 bridgehead atoms. The number of pyridine rings is 2. The fourth-order valence-electron chi connectivity index (χ4n) is 3.43. The van der Waals surface area contributed by atoms with E-state index in [1.165, 1.54) is 0 Å². The summed E-state index contributed by atoms with van der Waals surface area (Å²) in [5, 5.41) is 3.36. The topological polar surface area (TPSA) is 70.6 Å². The van der Waals surface area contributed by atoms with Crippen molar-refractivity contribution < 1.29 is 9.53 Å². The van der Waals surface area contributed by atoms with Gasteiger partial charge in [-0.05, 0) is 58.7 Å². The molecule has 0 unspecified atom stereocenters. The molecule has 1 aliphatic rings. The Bertz CT molecular complexity index is 1090. The molecule has 0 saturated heterocycles.